The predicted molar refractivity (Wildman–Crippen MR) is 124 cm³/mol. The Labute approximate surface area is 189 Å². The fourth-order valence-corrected chi connectivity index (χ4v) is 4.05. The van der Waals surface area contributed by atoms with Crippen LogP contribution in [0.25, 0.3) is 5.76 Å². The van der Waals surface area contributed by atoms with E-state index in [-0.39, 0.29) is 11.3 Å². The summed E-state index contributed by atoms with van der Waals surface area (Å²) in [4.78, 5) is 27.7. The molecular weight excluding hydrogens is 406 g/mol. The Balaban J connectivity index is 2.15. The molecular formula is C26H31NO5. The molecule has 6 nitrogen and oxygen atoms in total. The number of aliphatic hydroxyl groups is 1. The molecule has 6 heteroatoms. The number of aryl methyl sites for hydroxylation is 1. The maximum absolute atomic E-state index is 13.1. The van der Waals surface area contributed by atoms with Gasteiger partial charge in [-0.3, -0.25) is 9.59 Å². The number of hydrogen-bond acceptors (Lipinski definition) is 5. The molecule has 0 saturated carbocycles. The van der Waals surface area contributed by atoms with Gasteiger partial charge in [0.15, 0.2) is 0 Å². The molecule has 0 aromatic heterocycles. The molecule has 1 aliphatic heterocycles. The molecule has 1 heterocycles. The number of methoxy groups -OCH3 is 1. The van der Waals surface area contributed by atoms with Crippen LogP contribution in [0.4, 0.5) is 0 Å². The van der Waals surface area contributed by atoms with Crippen molar-refractivity contribution in [3.05, 3.63) is 64.7 Å². The Morgan fingerprint density at radius 2 is 1.78 bits per heavy atom. The van der Waals surface area contributed by atoms with E-state index in [1.54, 1.807) is 17.0 Å². The number of carbonyl (C=O) groups excluding carboxylic acids is 2. The van der Waals surface area contributed by atoms with Gasteiger partial charge in [-0.25, -0.2) is 0 Å². The van der Waals surface area contributed by atoms with Crippen LogP contribution < -0.4 is 9.47 Å². The number of aliphatic hydroxyl groups excluding tert-OH is 1. The smallest absolute Gasteiger partial charge is 0.295 e. The molecule has 1 fully saturated rings. The lowest BCUT2D eigenvalue weighted by molar-refractivity contribution is -0.139. The van der Waals surface area contributed by atoms with Gasteiger partial charge in [0.1, 0.15) is 17.3 Å². The monoisotopic (exact) mass is 437 g/mol. The first-order chi connectivity index (χ1) is 15.4. The number of rotatable bonds is 9. The molecule has 32 heavy (non-hydrogen) atoms. The summed E-state index contributed by atoms with van der Waals surface area (Å²) in [6.07, 6.45) is 2.73. The maximum Gasteiger partial charge on any atom is 0.295 e. The van der Waals surface area contributed by atoms with Gasteiger partial charge in [0.05, 0.1) is 30.9 Å². The van der Waals surface area contributed by atoms with Gasteiger partial charge in [-0.1, -0.05) is 43.5 Å². The molecule has 2 aromatic rings. The van der Waals surface area contributed by atoms with E-state index >= 15 is 0 Å². The van der Waals surface area contributed by atoms with E-state index in [4.69, 9.17) is 9.47 Å². The summed E-state index contributed by atoms with van der Waals surface area (Å²) < 4.78 is 10.9. The Morgan fingerprint density at radius 1 is 1.06 bits per heavy atom. The molecule has 2 aromatic carbocycles. The van der Waals surface area contributed by atoms with Crippen LogP contribution >= 0.6 is 0 Å². The van der Waals surface area contributed by atoms with Crippen molar-refractivity contribution in [2.45, 2.75) is 46.1 Å². The van der Waals surface area contributed by atoms with Gasteiger partial charge < -0.3 is 19.5 Å². The van der Waals surface area contributed by atoms with E-state index in [0.717, 1.165) is 30.4 Å². The number of ether oxygens (including phenoxy) is 2. The van der Waals surface area contributed by atoms with Crippen LogP contribution in [0.5, 0.6) is 11.5 Å². The third-order valence-electron chi connectivity index (χ3n) is 5.66. The van der Waals surface area contributed by atoms with Crippen molar-refractivity contribution in [1.29, 1.82) is 0 Å². The summed E-state index contributed by atoms with van der Waals surface area (Å²) in [6.45, 7) is 6.87. The minimum Gasteiger partial charge on any atom is -0.507 e. The summed E-state index contributed by atoms with van der Waals surface area (Å²) in [5.41, 5.74) is 2.13. The zero-order valence-electron chi connectivity index (χ0n) is 19.2. The summed E-state index contributed by atoms with van der Waals surface area (Å²) in [6, 6.07) is 12.0. The minimum atomic E-state index is -0.679. The standard InChI is InChI=1S/C26H31NO5/c1-5-7-8-15-27-23(18-10-12-19(13-11-18)32-6-2)22(25(29)26(27)30)24(28)20-16-17(3)9-14-21(20)31-4/h9-14,16,23,28H,5-8,15H2,1-4H3/b24-22+. The van der Waals surface area contributed by atoms with E-state index in [2.05, 4.69) is 6.92 Å². The highest BCUT2D eigenvalue weighted by molar-refractivity contribution is 6.46. The van der Waals surface area contributed by atoms with Crippen molar-refractivity contribution in [3.8, 4) is 11.5 Å². The average molecular weight is 438 g/mol. The van der Waals surface area contributed by atoms with Gasteiger partial charge >= 0.3 is 0 Å². The molecule has 1 N–H and O–H groups in total. The highest BCUT2D eigenvalue weighted by atomic mass is 16.5. The molecule has 3 rings (SSSR count). The largest absolute Gasteiger partial charge is 0.507 e. The van der Waals surface area contributed by atoms with Gasteiger partial charge in [-0.05, 0) is 50.1 Å². The van der Waals surface area contributed by atoms with E-state index in [1.807, 2.05) is 44.2 Å². The summed E-state index contributed by atoms with van der Waals surface area (Å²) in [7, 11) is 1.51. The highest BCUT2D eigenvalue weighted by Crippen LogP contribution is 2.41. The molecule has 0 radical (unpaired) electrons. The number of carbonyl (C=O) groups is 2. The van der Waals surface area contributed by atoms with Crippen LogP contribution in [0.15, 0.2) is 48.0 Å². The molecule has 1 unspecified atom stereocenters. The first-order valence-electron chi connectivity index (χ1n) is 11.1. The van der Waals surface area contributed by atoms with Crippen molar-refractivity contribution in [2.24, 2.45) is 0 Å². The topological polar surface area (TPSA) is 76.1 Å². The van der Waals surface area contributed by atoms with Crippen LogP contribution in [-0.4, -0.2) is 42.0 Å². The number of Topliss-reactive ketones (excluding diaryl/α,β-unsaturated/α-hetero) is 1. The number of hydrogen-bond donors (Lipinski definition) is 1. The van der Waals surface area contributed by atoms with E-state index in [0.29, 0.717) is 30.2 Å². The van der Waals surface area contributed by atoms with Crippen LogP contribution in [0.1, 0.15) is 55.8 Å². The molecule has 1 saturated heterocycles. The normalized spacial score (nSPS) is 17.6. The van der Waals surface area contributed by atoms with Crippen molar-refractivity contribution in [1.82, 2.24) is 4.90 Å². The fraction of sp³-hybridized carbons (Fsp3) is 0.385. The number of nitrogens with zero attached hydrogens (tertiary/aromatic N) is 1. The lowest BCUT2D eigenvalue weighted by Gasteiger charge is -2.25. The Bertz CT molecular complexity index is 1010. The lowest BCUT2D eigenvalue weighted by Crippen LogP contribution is -2.30. The summed E-state index contributed by atoms with van der Waals surface area (Å²) in [5, 5.41) is 11.3. The van der Waals surface area contributed by atoms with Crippen LogP contribution in [0.2, 0.25) is 0 Å². The van der Waals surface area contributed by atoms with E-state index in [9.17, 15) is 14.7 Å². The average Bonchev–Trinajstić information content (AvgIpc) is 3.04. The van der Waals surface area contributed by atoms with Gasteiger partial charge in [-0.2, -0.15) is 0 Å². The van der Waals surface area contributed by atoms with Gasteiger partial charge in [-0.15, -0.1) is 0 Å². The first-order valence-corrected chi connectivity index (χ1v) is 11.1. The third kappa shape index (κ3) is 4.64. The zero-order valence-corrected chi connectivity index (χ0v) is 19.2. The molecule has 0 aliphatic carbocycles. The third-order valence-corrected chi connectivity index (χ3v) is 5.66. The van der Waals surface area contributed by atoms with Crippen LogP contribution in [-0.2, 0) is 9.59 Å². The van der Waals surface area contributed by atoms with Crippen molar-refractivity contribution in [2.75, 3.05) is 20.3 Å². The van der Waals surface area contributed by atoms with Crippen molar-refractivity contribution in [3.63, 3.8) is 0 Å². The van der Waals surface area contributed by atoms with E-state index < -0.39 is 17.7 Å². The molecule has 1 aliphatic rings. The minimum absolute atomic E-state index is 0.0829. The first kappa shape index (κ1) is 23.4. The Hall–Kier alpha value is -3.28. The number of benzene rings is 2. The van der Waals surface area contributed by atoms with Gasteiger partial charge in [0, 0.05) is 6.54 Å². The second-order valence-corrected chi connectivity index (χ2v) is 7.91. The Kier molecular flexibility index (Phi) is 7.57. The number of amides is 1. The van der Waals surface area contributed by atoms with E-state index in [1.165, 1.54) is 7.11 Å². The second-order valence-electron chi connectivity index (χ2n) is 7.91. The van der Waals surface area contributed by atoms with Gasteiger partial charge in [0.2, 0.25) is 0 Å². The van der Waals surface area contributed by atoms with Crippen LogP contribution in [0.3, 0.4) is 0 Å². The van der Waals surface area contributed by atoms with Crippen molar-refractivity contribution >= 4 is 17.4 Å². The Morgan fingerprint density at radius 3 is 2.41 bits per heavy atom. The van der Waals surface area contributed by atoms with Crippen LogP contribution in [0, 0.1) is 6.92 Å². The maximum atomic E-state index is 13.1. The quantitative estimate of drug-likeness (QED) is 0.258. The molecule has 1 amide bonds. The summed E-state index contributed by atoms with van der Waals surface area (Å²) >= 11 is 0. The lowest BCUT2D eigenvalue weighted by atomic mass is 9.94. The SMILES string of the molecule is CCCCCN1C(=O)C(=O)/C(=C(/O)c2cc(C)ccc2OC)C1c1ccc(OCC)cc1. The number of ketones is 1. The zero-order chi connectivity index (χ0) is 23.3. The van der Waals surface area contributed by atoms with Gasteiger partial charge in [0.25, 0.3) is 11.7 Å². The highest BCUT2D eigenvalue weighted by Gasteiger charge is 2.46. The predicted octanol–water partition coefficient (Wildman–Crippen LogP) is 5.01. The van der Waals surface area contributed by atoms with Crippen molar-refractivity contribution < 1.29 is 24.2 Å². The molecule has 1 atom stereocenters. The number of likely N-dealkylation sites (tertiary alicyclic amines) is 1. The molecule has 0 bridgehead atoms. The molecule has 170 valence electrons. The second kappa shape index (κ2) is 10.4. The summed E-state index contributed by atoms with van der Waals surface area (Å²) in [5.74, 6) is -0.342. The number of unbranched alkanes of at least 4 members (excludes halogenated alkanes) is 2. The molecule has 0 spiro atoms. The fourth-order valence-electron chi connectivity index (χ4n) is 4.05.